The maximum Gasteiger partial charge on any atom is 0.234 e. The highest BCUT2D eigenvalue weighted by Crippen LogP contribution is 2.25. The molecule has 0 heterocycles. The van der Waals surface area contributed by atoms with Crippen LogP contribution in [0.2, 0.25) is 0 Å². The van der Waals surface area contributed by atoms with Gasteiger partial charge in [-0.2, -0.15) is 0 Å². The van der Waals surface area contributed by atoms with Crippen LogP contribution in [-0.2, 0) is 11.2 Å². The van der Waals surface area contributed by atoms with E-state index in [-0.39, 0.29) is 11.9 Å². The molecule has 1 aromatic rings. The number of amides is 1. The molecule has 0 bridgehead atoms. The molecule has 0 spiro atoms. The molecule has 1 fully saturated rings. The van der Waals surface area contributed by atoms with Crippen LogP contribution >= 0.6 is 0 Å². The zero-order valence-electron chi connectivity index (χ0n) is 13.7. The summed E-state index contributed by atoms with van der Waals surface area (Å²) < 4.78 is 0. The van der Waals surface area contributed by atoms with Gasteiger partial charge in [-0.05, 0) is 43.4 Å². The summed E-state index contributed by atoms with van der Waals surface area (Å²) in [5.41, 5.74) is 2.53. The van der Waals surface area contributed by atoms with Gasteiger partial charge in [0.05, 0.1) is 12.6 Å². The van der Waals surface area contributed by atoms with Crippen LogP contribution in [0.25, 0.3) is 0 Å². The van der Waals surface area contributed by atoms with E-state index in [2.05, 4.69) is 55.3 Å². The summed E-state index contributed by atoms with van der Waals surface area (Å²) >= 11 is 0. The first kappa shape index (κ1) is 16.0. The van der Waals surface area contributed by atoms with E-state index >= 15 is 0 Å². The first-order chi connectivity index (χ1) is 10.0. The molecule has 1 amide bonds. The molecule has 116 valence electrons. The van der Waals surface area contributed by atoms with Gasteiger partial charge in [-0.3, -0.25) is 9.69 Å². The van der Waals surface area contributed by atoms with Gasteiger partial charge >= 0.3 is 0 Å². The molecule has 0 saturated heterocycles. The van der Waals surface area contributed by atoms with Crippen molar-refractivity contribution in [2.75, 3.05) is 13.6 Å². The number of rotatable bonds is 7. The van der Waals surface area contributed by atoms with Crippen molar-refractivity contribution >= 4 is 5.91 Å². The van der Waals surface area contributed by atoms with Crippen LogP contribution in [0.1, 0.15) is 50.8 Å². The highest BCUT2D eigenvalue weighted by Gasteiger charge is 2.28. The summed E-state index contributed by atoms with van der Waals surface area (Å²) in [6.45, 7) is 6.97. The molecular formula is C18H28N2O. The van der Waals surface area contributed by atoms with E-state index in [0.717, 1.165) is 6.42 Å². The Hall–Kier alpha value is -1.35. The number of aryl methyl sites for hydroxylation is 1. The van der Waals surface area contributed by atoms with Gasteiger partial charge in [-0.15, -0.1) is 0 Å². The number of hydrogen-bond acceptors (Lipinski definition) is 2. The molecular weight excluding hydrogens is 260 g/mol. The van der Waals surface area contributed by atoms with Crippen LogP contribution in [0.4, 0.5) is 0 Å². The Morgan fingerprint density at radius 1 is 1.29 bits per heavy atom. The van der Waals surface area contributed by atoms with Gasteiger partial charge in [0, 0.05) is 6.04 Å². The minimum absolute atomic E-state index is 0.0935. The third-order valence-electron chi connectivity index (χ3n) is 4.29. The van der Waals surface area contributed by atoms with Gasteiger partial charge in [0.25, 0.3) is 0 Å². The van der Waals surface area contributed by atoms with Crippen molar-refractivity contribution in [3.8, 4) is 0 Å². The first-order valence-corrected chi connectivity index (χ1v) is 8.09. The number of likely N-dealkylation sites (N-methyl/N-ethyl adjacent to an activating group) is 1. The third-order valence-corrected chi connectivity index (χ3v) is 4.29. The predicted octanol–water partition coefficient (Wildman–Crippen LogP) is 3.16. The van der Waals surface area contributed by atoms with Crippen LogP contribution < -0.4 is 5.32 Å². The standard InChI is InChI=1S/C18H28N2O/c1-5-14-6-8-15(9-7-14)18(13(2)3)19-17(21)12-20(4)16-10-11-16/h6-9,13,16,18H,5,10-12H2,1-4H3,(H,19,21). The van der Waals surface area contributed by atoms with Crippen molar-refractivity contribution in [2.45, 2.75) is 52.1 Å². The predicted molar refractivity (Wildman–Crippen MR) is 87.2 cm³/mol. The SMILES string of the molecule is CCc1ccc(C(NC(=O)CN(C)C2CC2)C(C)C)cc1. The summed E-state index contributed by atoms with van der Waals surface area (Å²) in [5.74, 6) is 0.510. The highest BCUT2D eigenvalue weighted by molar-refractivity contribution is 5.78. The quantitative estimate of drug-likeness (QED) is 0.836. The van der Waals surface area contributed by atoms with E-state index in [9.17, 15) is 4.79 Å². The Kier molecular flexibility index (Phi) is 5.40. The lowest BCUT2D eigenvalue weighted by Crippen LogP contribution is -2.39. The van der Waals surface area contributed by atoms with Crippen molar-refractivity contribution in [1.82, 2.24) is 10.2 Å². The summed E-state index contributed by atoms with van der Waals surface area (Å²) in [4.78, 5) is 14.4. The van der Waals surface area contributed by atoms with Crippen LogP contribution in [-0.4, -0.2) is 30.4 Å². The summed E-state index contributed by atoms with van der Waals surface area (Å²) in [5, 5.41) is 3.20. The van der Waals surface area contributed by atoms with Crippen LogP contribution in [0.3, 0.4) is 0 Å². The average Bonchev–Trinajstić information content (AvgIpc) is 3.29. The van der Waals surface area contributed by atoms with Crippen molar-refractivity contribution in [3.05, 3.63) is 35.4 Å². The molecule has 3 nitrogen and oxygen atoms in total. The van der Waals surface area contributed by atoms with E-state index in [1.54, 1.807) is 0 Å². The van der Waals surface area contributed by atoms with Crippen molar-refractivity contribution < 1.29 is 4.79 Å². The number of nitrogens with zero attached hydrogens (tertiary/aromatic N) is 1. The highest BCUT2D eigenvalue weighted by atomic mass is 16.2. The van der Waals surface area contributed by atoms with E-state index in [0.29, 0.717) is 18.5 Å². The number of carbonyl (C=O) groups is 1. The Bertz CT molecular complexity index is 463. The lowest BCUT2D eigenvalue weighted by molar-refractivity contribution is -0.123. The zero-order chi connectivity index (χ0) is 15.4. The minimum Gasteiger partial charge on any atom is -0.348 e. The Balaban J connectivity index is 1.98. The van der Waals surface area contributed by atoms with Gasteiger partial charge in [0.15, 0.2) is 0 Å². The number of nitrogens with one attached hydrogen (secondary N) is 1. The van der Waals surface area contributed by atoms with E-state index < -0.39 is 0 Å². The third kappa shape index (κ3) is 4.57. The van der Waals surface area contributed by atoms with Crippen molar-refractivity contribution in [1.29, 1.82) is 0 Å². The maximum absolute atomic E-state index is 12.2. The molecule has 1 aromatic carbocycles. The van der Waals surface area contributed by atoms with Gasteiger partial charge in [0.2, 0.25) is 5.91 Å². The summed E-state index contributed by atoms with van der Waals surface area (Å²) in [7, 11) is 2.04. The Morgan fingerprint density at radius 3 is 2.38 bits per heavy atom. The second-order valence-corrected chi connectivity index (χ2v) is 6.53. The molecule has 21 heavy (non-hydrogen) atoms. The average molecular weight is 288 g/mol. The van der Waals surface area contributed by atoms with Crippen LogP contribution in [0.5, 0.6) is 0 Å². The molecule has 2 rings (SSSR count). The van der Waals surface area contributed by atoms with E-state index in [1.807, 2.05) is 7.05 Å². The van der Waals surface area contributed by atoms with Crippen molar-refractivity contribution in [2.24, 2.45) is 5.92 Å². The minimum atomic E-state index is 0.0935. The molecule has 1 aliphatic carbocycles. The van der Waals surface area contributed by atoms with E-state index in [1.165, 1.54) is 24.0 Å². The topological polar surface area (TPSA) is 32.3 Å². The van der Waals surface area contributed by atoms with Crippen molar-refractivity contribution in [3.63, 3.8) is 0 Å². The smallest absolute Gasteiger partial charge is 0.234 e. The molecule has 1 aliphatic rings. The lowest BCUT2D eigenvalue weighted by atomic mass is 9.95. The number of benzene rings is 1. The fourth-order valence-corrected chi connectivity index (χ4v) is 2.69. The molecule has 0 aromatic heterocycles. The largest absolute Gasteiger partial charge is 0.348 e. The second-order valence-electron chi connectivity index (χ2n) is 6.53. The van der Waals surface area contributed by atoms with Crippen LogP contribution in [0.15, 0.2) is 24.3 Å². The molecule has 1 N–H and O–H groups in total. The fraction of sp³-hybridized carbons (Fsp3) is 0.611. The van der Waals surface area contributed by atoms with Gasteiger partial charge in [0.1, 0.15) is 0 Å². The van der Waals surface area contributed by atoms with E-state index in [4.69, 9.17) is 0 Å². The van der Waals surface area contributed by atoms with Gasteiger partial charge in [-0.1, -0.05) is 45.0 Å². The molecule has 1 saturated carbocycles. The zero-order valence-corrected chi connectivity index (χ0v) is 13.7. The maximum atomic E-state index is 12.2. The fourth-order valence-electron chi connectivity index (χ4n) is 2.69. The molecule has 0 aliphatic heterocycles. The van der Waals surface area contributed by atoms with Gasteiger partial charge < -0.3 is 5.32 Å². The number of hydrogen-bond donors (Lipinski definition) is 1. The summed E-state index contributed by atoms with van der Waals surface area (Å²) in [6, 6.07) is 9.33. The van der Waals surface area contributed by atoms with Gasteiger partial charge in [-0.25, -0.2) is 0 Å². The lowest BCUT2D eigenvalue weighted by Gasteiger charge is -2.25. The molecule has 3 heteroatoms. The number of carbonyl (C=O) groups excluding carboxylic acids is 1. The Labute approximate surface area is 128 Å². The molecule has 0 radical (unpaired) electrons. The first-order valence-electron chi connectivity index (χ1n) is 8.09. The van der Waals surface area contributed by atoms with Crippen LogP contribution in [0, 0.1) is 5.92 Å². The summed E-state index contributed by atoms with van der Waals surface area (Å²) in [6.07, 6.45) is 3.51. The molecule has 1 unspecified atom stereocenters. The second kappa shape index (κ2) is 7.08. The molecule has 1 atom stereocenters. The monoisotopic (exact) mass is 288 g/mol. The normalized spacial score (nSPS) is 16.3. The Morgan fingerprint density at radius 2 is 1.90 bits per heavy atom.